The highest BCUT2D eigenvalue weighted by Crippen LogP contribution is 2.16. The van der Waals surface area contributed by atoms with E-state index in [1.807, 2.05) is 0 Å². The molecule has 1 amide bonds. The van der Waals surface area contributed by atoms with Crippen LogP contribution in [0.15, 0.2) is 35.6 Å². The SMILES string of the molecule is COC(=O)CCC/C(O)=C(\C#N)C(=O)Nc1ccc(Cl)cc1. The fraction of sp³-hybridized carbons (Fsp3) is 0.267. The van der Waals surface area contributed by atoms with E-state index in [2.05, 4.69) is 10.1 Å². The third kappa shape index (κ3) is 5.46. The van der Waals surface area contributed by atoms with Crippen molar-refractivity contribution in [2.24, 2.45) is 0 Å². The second-order valence-corrected chi connectivity index (χ2v) is 4.76. The summed E-state index contributed by atoms with van der Waals surface area (Å²) in [6.45, 7) is 0. The molecule has 0 fully saturated rings. The number of aliphatic hydroxyl groups excluding tert-OH is 1. The van der Waals surface area contributed by atoms with Crippen LogP contribution in [0, 0.1) is 11.3 Å². The average molecular weight is 323 g/mol. The molecule has 0 saturated carbocycles. The van der Waals surface area contributed by atoms with E-state index in [0.717, 1.165) is 0 Å². The van der Waals surface area contributed by atoms with E-state index in [4.69, 9.17) is 16.9 Å². The van der Waals surface area contributed by atoms with Crippen LogP contribution in [0.5, 0.6) is 0 Å². The van der Waals surface area contributed by atoms with E-state index in [9.17, 15) is 14.7 Å². The molecule has 0 aliphatic rings. The maximum Gasteiger partial charge on any atom is 0.305 e. The lowest BCUT2D eigenvalue weighted by atomic mass is 10.1. The maximum absolute atomic E-state index is 11.9. The van der Waals surface area contributed by atoms with Crippen LogP contribution in [0.3, 0.4) is 0 Å². The number of nitrogens with one attached hydrogen (secondary N) is 1. The molecule has 6 nitrogen and oxygen atoms in total. The number of methoxy groups -OCH3 is 1. The van der Waals surface area contributed by atoms with Crippen LogP contribution in [0.25, 0.3) is 0 Å². The van der Waals surface area contributed by atoms with Gasteiger partial charge in [-0.25, -0.2) is 0 Å². The molecule has 0 heterocycles. The van der Waals surface area contributed by atoms with Gasteiger partial charge in [-0.05, 0) is 30.7 Å². The van der Waals surface area contributed by atoms with Crippen molar-refractivity contribution in [3.05, 3.63) is 40.6 Å². The molecule has 2 N–H and O–H groups in total. The highest BCUT2D eigenvalue weighted by Gasteiger charge is 2.15. The van der Waals surface area contributed by atoms with Crippen molar-refractivity contribution in [2.45, 2.75) is 19.3 Å². The number of carbonyl (C=O) groups is 2. The quantitative estimate of drug-likeness (QED) is 0.363. The summed E-state index contributed by atoms with van der Waals surface area (Å²) in [6.07, 6.45) is 0.405. The Bertz CT molecular complexity index is 617. The number of hydrogen-bond acceptors (Lipinski definition) is 5. The molecule has 1 aromatic rings. The molecule has 0 radical (unpaired) electrons. The van der Waals surface area contributed by atoms with Crippen molar-refractivity contribution >= 4 is 29.2 Å². The zero-order chi connectivity index (χ0) is 16.5. The number of nitrogens with zero attached hydrogens (tertiary/aromatic N) is 1. The zero-order valence-corrected chi connectivity index (χ0v) is 12.7. The Hall–Kier alpha value is -2.52. The summed E-state index contributed by atoms with van der Waals surface area (Å²) in [6, 6.07) is 7.98. The predicted molar refractivity (Wildman–Crippen MR) is 81.2 cm³/mol. The molecular weight excluding hydrogens is 308 g/mol. The molecule has 22 heavy (non-hydrogen) atoms. The van der Waals surface area contributed by atoms with Crippen molar-refractivity contribution in [2.75, 3.05) is 12.4 Å². The van der Waals surface area contributed by atoms with Gasteiger partial charge in [-0.2, -0.15) is 5.26 Å². The van der Waals surface area contributed by atoms with Crippen LogP contribution in [0.1, 0.15) is 19.3 Å². The first kappa shape index (κ1) is 17.5. The van der Waals surface area contributed by atoms with Crippen LogP contribution in [0.4, 0.5) is 5.69 Å². The van der Waals surface area contributed by atoms with Gasteiger partial charge in [0.25, 0.3) is 5.91 Å². The third-order valence-corrected chi connectivity index (χ3v) is 3.00. The summed E-state index contributed by atoms with van der Waals surface area (Å²) >= 11 is 5.73. The van der Waals surface area contributed by atoms with E-state index >= 15 is 0 Å². The summed E-state index contributed by atoms with van der Waals surface area (Å²) in [5, 5.41) is 21.8. The molecule has 1 aromatic carbocycles. The molecule has 0 aliphatic heterocycles. The molecule has 0 atom stereocenters. The first-order valence-electron chi connectivity index (χ1n) is 6.44. The number of rotatable bonds is 6. The van der Waals surface area contributed by atoms with Crippen molar-refractivity contribution in [1.29, 1.82) is 5.26 Å². The molecule has 116 valence electrons. The number of nitriles is 1. The Morgan fingerprint density at radius 2 is 1.95 bits per heavy atom. The van der Waals surface area contributed by atoms with E-state index < -0.39 is 11.9 Å². The number of benzene rings is 1. The minimum atomic E-state index is -0.722. The van der Waals surface area contributed by atoms with Gasteiger partial charge < -0.3 is 15.2 Å². The van der Waals surface area contributed by atoms with E-state index in [-0.39, 0.29) is 30.6 Å². The zero-order valence-electron chi connectivity index (χ0n) is 11.9. The summed E-state index contributed by atoms with van der Waals surface area (Å²) < 4.78 is 4.46. The van der Waals surface area contributed by atoms with Gasteiger partial charge >= 0.3 is 5.97 Å². The lowest BCUT2D eigenvalue weighted by Crippen LogP contribution is -2.15. The van der Waals surface area contributed by atoms with Gasteiger partial charge in [0.15, 0.2) is 5.57 Å². The van der Waals surface area contributed by atoms with Gasteiger partial charge in [-0.15, -0.1) is 0 Å². The van der Waals surface area contributed by atoms with Gasteiger partial charge in [-0.3, -0.25) is 9.59 Å². The lowest BCUT2D eigenvalue weighted by Gasteiger charge is -2.06. The third-order valence-electron chi connectivity index (χ3n) is 2.75. The molecule has 0 bridgehead atoms. The minimum absolute atomic E-state index is 0.0338. The van der Waals surface area contributed by atoms with Crippen LogP contribution in [-0.2, 0) is 14.3 Å². The van der Waals surface area contributed by atoms with Crippen molar-refractivity contribution in [3.63, 3.8) is 0 Å². The van der Waals surface area contributed by atoms with Crippen molar-refractivity contribution in [3.8, 4) is 6.07 Å². The van der Waals surface area contributed by atoms with E-state index in [0.29, 0.717) is 10.7 Å². The number of carbonyl (C=O) groups excluding carboxylic acids is 2. The summed E-state index contributed by atoms with van der Waals surface area (Å²) in [4.78, 5) is 22.9. The van der Waals surface area contributed by atoms with Gasteiger partial charge in [0.2, 0.25) is 0 Å². The Morgan fingerprint density at radius 1 is 1.32 bits per heavy atom. The number of halogens is 1. The van der Waals surface area contributed by atoms with Crippen LogP contribution in [-0.4, -0.2) is 24.1 Å². The molecule has 0 aliphatic carbocycles. The molecule has 0 saturated heterocycles. The van der Waals surface area contributed by atoms with Gasteiger partial charge in [0, 0.05) is 23.6 Å². The topological polar surface area (TPSA) is 99.4 Å². The Morgan fingerprint density at radius 3 is 2.50 bits per heavy atom. The van der Waals surface area contributed by atoms with Crippen LogP contribution < -0.4 is 5.32 Å². The largest absolute Gasteiger partial charge is 0.511 e. The van der Waals surface area contributed by atoms with Crippen molar-refractivity contribution in [1.82, 2.24) is 0 Å². The number of esters is 1. The fourth-order valence-corrected chi connectivity index (χ4v) is 1.73. The van der Waals surface area contributed by atoms with Gasteiger partial charge in [-0.1, -0.05) is 11.6 Å². The smallest absolute Gasteiger partial charge is 0.305 e. The summed E-state index contributed by atoms with van der Waals surface area (Å²) in [7, 11) is 1.26. The summed E-state index contributed by atoms with van der Waals surface area (Å²) in [5.41, 5.74) is 0.0596. The summed E-state index contributed by atoms with van der Waals surface area (Å²) in [5.74, 6) is -1.50. The molecule has 0 spiro atoms. The van der Waals surface area contributed by atoms with Crippen LogP contribution >= 0.6 is 11.6 Å². The van der Waals surface area contributed by atoms with Gasteiger partial charge in [0.1, 0.15) is 11.8 Å². The molecule has 0 unspecified atom stereocenters. The molecule has 1 rings (SSSR count). The number of amides is 1. The highest BCUT2D eigenvalue weighted by atomic mass is 35.5. The first-order valence-corrected chi connectivity index (χ1v) is 6.81. The Labute approximate surface area is 133 Å². The Balaban J connectivity index is 2.70. The number of allylic oxidation sites excluding steroid dienone is 1. The number of aliphatic hydroxyl groups is 1. The fourth-order valence-electron chi connectivity index (χ4n) is 1.60. The second kappa shape index (κ2) is 8.70. The van der Waals surface area contributed by atoms with Crippen LogP contribution in [0.2, 0.25) is 5.02 Å². The predicted octanol–water partition coefficient (Wildman–Crippen LogP) is 2.96. The Kier molecular flexibility index (Phi) is 6.93. The standard InChI is InChI=1S/C15H15ClN2O4/c1-22-14(20)4-2-3-13(19)12(9-17)15(21)18-11-7-5-10(16)6-8-11/h5-8,19H,2-4H2,1H3,(H,18,21)/b13-12-. The molecule has 0 aromatic heterocycles. The van der Waals surface area contributed by atoms with Gasteiger partial charge in [0.05, 0.1) is 7.11 Å². The lowest BCUT2D eigenvalue weighted by molar-refractivity contribution is -0.140. The van der Waals surface area contributed by atoms with Crippen molar-refractivity contribution < 1.29 is 19.4 Å². The van der Waals surface area contributed by atoms with E-state index in [1.54, 1.807) is 30.3 Å². The molecular formula is C15H15ClN2O4. The second-order valence-electron chi connectivity index (χ2n) is 4.32. The monoisotopic (exact) mass is 322 g/mol. The first-order chi connectivity index (χ1) is 10.5. The minimum Gasteiger partial charge on any atom is -0.511 e. The maximum atomic E-state index is 11.9. The normalized spacial score (nSPS) is 11.1. The van der Waals surface area contributed by atoms with E-state index in [1.165, 1.54) is 7.11 Å². The highest BCUT2D eigenvalue weighted by molar-refractivity contribution is 6.30. The number of anilines is 1. The number of ether oxygens (including phenoxy) is 1. The number of hydrogen-bond donors (Lipinski definition) is 2. The average Bonchev–Trinajstić information content (AvgIpc) is 2.50. The molecule has 7 heteroatoms.